The van der Waals surface area contributed by atoms with Crippen LogP contribution in [0.25, 0.3) is 22.4 Å². The summed E-state index contributed by atoms with van der Waals surface area (Å²) in [7, 11) is 0. The molecule has 0 amide bonds. The molecular formula is C22H27BrN2O2. The summed E-state index contributed by atoms with van der Waals surface area (Å²) in [5, 5.41) is 0. The Morgan fingerprint density at radius 3 is 2.67 bits per heavy atom. The number of benzene rings is 2. The van der Waals surface area contributed by atoms with Gasteiger partial charge in [-0.15, -0.1) is 0 Å². The highest BCUT2D eigenvalue weighted by Crippen LogP contribution is 2.39. The van der Waals surface area contributed by atoms with Gasteiger partial charge in [0.15, 0.2) is 11.5 Å². The third-order valence-electron chi connectivity index (χ3n) is 4.46. The van der Waals surface area contributed by atoms with E-state index < -0.39 is 0 Å². The number of rotatable bonds is 9. The summed E-state index contributed by atoms with van der Waals surface area (Å²) in [5.74, 6) is 2.34. The van der Waals surface area contributed by atoms with E-state index in [0.717, 1.165) is 44.8 Å². The van der Waals surface area contributed by atoms with Crippen molar-refractivity contribution in [2.24, 2.45) is 0 Å². The Bertz CT molecular complexity index is 905. The summed E-state index contributed by atoms with van der Waals surface area (Å²) in [6, 6.07) is 10.3. The highest BCUT2D eigenvalue weighted by atomic mass is 79.9. The van der Waals surface area contributed by atoms with Gasteiger partial charge < -0.3 is 14.5 Å². The minimum absolute atomic E-state index is 0.585. The van der Waals surface area contributed by atoms with Gasteiger partial charge in [0.2, 0.25) is 0 Å². The predicted molar refractivity (Wildman–Crippen MR) is 115 cm³/mol. The van der Waals surface area contributed by atoms with Crippen molar-refractivity contribution in [2.75, 3.05) is 13.2 Å². The van der Waals surface area contributed by atoms with E-state index in [4.69, 9.17) is 14.5 Å². The maximum Gasteiger partial charge on any atom is 0.175 e. The Morgan fingerprint density at radius 1 is 1.04 bits per heavy atom. The Morgan fingerprint density at radius 2 is 1.89 bits per heavy atom. The zero-order chi connectivity index (χ0) is 19.2. The normalized spacial score (nSPS) is 11.1. The molecule has 0 spiro atoms. The van der Waals surface area contributed by atoms with Crippen LogP contribution in [0.5, 0.6) is 11.5 Å². The number of H-pyrrole nitrogens is 1. The number of halogens is 1. The lowest BCUT2D eigenvalue weighted by Gasteiger charge is -2.15. The Kier molecular flexibility index (Phi) is 6.78. The van der Waals surface area contributed by atoms with Gasteiger partial charge in [-0.25, -0.2) is 4.98 Å². The minimum Gasteiger partial charge on any atom is -0.490 e. The molecule has 1 heterocycles. The molecule has 5 heteroatoms. The zero-order valence-corrected chi connectivity index (χ0v) is 17.9. The highest BCUT2D eigenvalue weighted by Gasteiger charge is 2.15. The SMILES string of the molecule is CCCCCCOc1c(Br)cc(-c2nc3ccc(C)cc3[nH]2)cc1OCC. The van der Waals surface area contributed by atoms with Crippen LogP contribution in [0, 0.1) is 6.92 Å². The number of aromatic nitrogens is 2. The molecular weight excluding hydrogens is 404 g/mol. The molecule has 4 nitrogen and oxygen atoms in total. The van der Waals surface area contributed by atoms with E-state index >= 15 is 0 Å². The summed E-state index contributed by atoms with van der Waals surface area (Å²) in [4.78, 5) is 8.13. The molecule has 0 atom stereocenters. The number of aryl methyl sites for hydroxylation is 1. The molecule has 0 fully saturated rings. The quantitative estimate of drug-likeness (QED) is 0.386. The van der Waals surface area contributed by atoms with Gasteiger partial charge in [0.25, 0.3) is 0 Å². The maximum atomic E-state index is 6.03. The minimum atomic E-state index is 0.585. The summed E-state index contributed by atoms with van der Waals surface area (Å²) in [6.07, 6.45) is 4.71. The van der Waals surface area contributed by atoms with Gasteiger partial charge in [0.05, 0.1) is 28.7 Å². The van der Waals surface area contributed by atoms with Gasteiger partial charge in [-0.3, -0.25) is 0 Å². The van der Waals surface area contributed by atoms with E-state index in [2.05, 4.69) is 46.9 Å². The van der Waals surface area contributed by atoms with Gasteiger partial charge in [-0.2, -0.15) is 0 Å². The van der Waals surface area contributed by atoms with E-state index in [9.17, 15) is 0 Å². The molecule has 3 rings (SSSR count). The smallest absolute Gasteiger partial charge is 0.175 e. The Balaban J connectivity index is 1.87. The van der Waals surface area contributed by atoms with E-state index in [1.165, 1.54) is 24.8 Å². The van der Waals surface area contributed by atoms with Gasteiger partial charge in [0.1, 0.15) is 5.82 Å². The van der Waals surface area contributed by atoms with Crippen LogP contribution >= 0.6 is 15.9 Å². The van der Waals surface area contributed by atoms with E-state index in [1.807, 2.05) is 25.1 Å². The topological polar surface area (TPSA) is 47.1 Å². The molecule has 0 bridgehead atoms. The number of fused-ring (bicyclic) bond motifs is 1. The largest absolute Gasteiger partial charge is 0.490 e. The molecule has 0 saturated carbocycles. The van der Waals surface area contributed by atoms with Crippen molar-refractivity contribution < 1.29 is 9.47 Å². The summed E-state index contributed by atoms with van der Waals surface area (Å²) in [5.41, 5.74) is 4.18. The van der Waals surface area contributed by atoms with Gasteiger partial charge in [-0.1, -0.05) is 32.3 Å². The maximum absolute atomic E-state index is 6.03. The van der Waals surface area contributed by atoms with E-state index in [1.54, 1.807) is 0 Å². The first-order valence-electron chi connectivity index (χ1n) is 9.68. The van der Waals surface area contributed by atoms with Crippen molar-refractivity contribution in [2.45, 2.75) is 46.5 Å². The standard InChI is InChI=1S/C22H27BrN2O2/c1-4-6-7-8-11-27-21-17(23)13-16(14-20(21)26-5-2)22-24-18-10-9-15(3)12-19(18)25-22/h9-10,12-14H,4-8,11H2,1-3H3,(H,24,25). The van der Waals surface area contributed by atoms with E-state index in [0.29, 0.717) is 13.2 Å². The third-order valence-corrected chi connectivity index (χ3v) is 5.05. The average molecular weight is 431 g/mol. The number of ether oxygens (including phenoxy) is 2. The van der Waals surface area contributed by atoms with Gasteiger partial charge in [-0.05, 0) is 66.0 Å². The second-order valence-electron chi connectivity index (χ2n) is 6.73. The monoisotopic (exact) mass is 430 g/mol. The van der Waals surface area contributed by atoms with Crippen LogP contribution in [0.2, 0.25) is 0 Å². The lowest BCUT2D eigenvalue weighted by molar-refractivity contribution is 0.269. The molecule has 0 unspecified atom stereocenters. The molecule has 0 radical (unpaired) electrons. The molecule has 1 aromatic heterocycles. The van der Waals surface area contributed by atoms with Crippen LogP contribution in [0.3, 0.4) is 0 Å². The number of imidazole rings is 1. The van der Waals surface area contributed by atoms with Crippen LogP contribution in [0.15, 0.2) is 34.8 Å². The second-order valence-corrected chi connectivity index (χ2v) is 7.59. The van der Waals surface area contributed by atoms with Crippen molar-refractivity contribution in [3.63, 3.8) is 0 Å². The number of aromatic amines is 1. The average Bonchev–Trinajstić information content (AvgIpc) is 3.06. The van der Waals surface area contributed by atoms with Crippen LogP contribution in [0.1, 0.15) is 45.1 Å². The summed E-state index contributed by atoms with van der Waals surface area (Å²) in [6.45, 7) is 7.55. The lowest BCUT2D eigenvalue weighted by Crippen LogP contribution is -2.02. The highest BCUT2D eigenvalue weighted by molar-refractivity contribution is 9.10. The Labute approximate surface area is 169 Å². The number of nitrogens with zero attached hydrogens (tertiary/aromatic N) is 1. The zero-order valence-electron chi connectivity index (χ0n) is 16.3. The van der Waals surface area contributed by atoms with Crippen molar-refractivity contribution in [1.82, 2.24) is 9.97 Å². The van der Waals surface area contributed by atoms with Crippen molar-refractivity contribution >= 4 is 27.0 Å². The lowest BCUT2D eigenvalue weighted by atomic mass is 10.2. The summed E-state index contributed by atoms with van der Waals surface area (Å²) < 4.78 is 12.8. The predicted octanol–water partition coefficient (Wildman–Crippen LogP) is 6.66. The molecule has 0 saturated heterocycles. The first-order chi connectivity index (χ1) is 13.1. The molecule has 2 aromatic carbocycles. The number of unbranched alkanes of at least 4 members (excludes halogenated alkanes) is 3. The van der Waals surface area contributed by atoms with Crippen molar-refractivity contribution in [3.05, 3.63) is 40.4 Å². The molecule has 0 aliphatic heterocycles. The fourth-order valence-electron chi connectivity index (χ4n) is 3.07. The molecule has 1 N–H and O–H groups in total. The van der Waals surface area contributed by atoms with E-state index in [-0.39, 0.29) is 0 Å². The fourth-order valence-corrected chi connectivity index (χ4v) is 3.63. The fraction of sp³-hybridized carbons (Fsp3) is 0.409. The third kappa shape index (κ3) is 4.83. The molecule has 3 aromatic rings. The van der Waals surface area contributed by atoms with Gasteiger partial charge in [0, 0.05) is 5.56 Å². The second kappa shape index (κ2) is 9.27. The van der Waals surface area contributed by atoms with Crippen LogP contribution in [0.4, 0.5) is 0 Å². The number of hydrogen-bond donors (Lipinski definition) is 1. The first-order valence-corrected chi connectivity index (χ1v) is 10.5. The van der Waals surface area contributed by atoms with Crippen LogP contribution in [-0.2, 0) is 0 Å². The Hall–Kier alpha value is -2.01. The number of hydrogen-bond acceptors (Lipinski definition) is 3. The van der Waals surface area contributed by atoms with Gasteiger partial charge >= 0.3 is 0 Å². The molecule has 0 aliphatic rings. The molecule has 144 valence electrons. The van der Waals surface area contributed by atoms with Crippen LogP contribution in [-0.4, -0.2) is 23.2 Å². The first kappa shape index (κ1) is 19.7. The van der Waals surface area contributed by atoms with Crippen LogP contribution < -0.4 is 9.47 Å². The summed E-state index contributed by atoms with van der Waals surface area (Å²) >= 11 is 3.66. The molecule has 27 heavy (non-hydrogen) atoms. The number of nitrogens with one attached hydrogen (secondary N) is 1. The van der Waals surface area contributed by atoms with Crippen molar-refractivity contribution in [1.29, 1.82) is 0 Å². The van der Waals surface area contributed by atoms with Crippen molar-refractivity contribution in [3.8, 4) is 22.9 Å². The molecule has 0 aliphatic carbocycles.